The summed E-state index contributed by atoms with van der Waals surface area (Å²) in [7, 11) is 0. The molecular formula is C13H18Cl2Zr. The minimum Gasteiger partial charge on any atom is -0.147 e. The van der Waals surface area contributed by atoms with Crippen molar-refractivity contribution in [2.24, 2.45) is 0 Å². The first kappa shape index (κ1) is 16.4. The van der Waals surface area contributed by atoms with Gasteiger partial charge in [0.05, 0.1) is 0 Å². The van der Waals surface area contributed by atoms with E-state index in [1.807, 2.05) is 0 Å². The zero-order valence-electron chi connectivity index (χ0n) is 9.96. The van der Waals surface area contributed by atoms with Crippen molar-refractivity contribution in [3.05, 3.63) is 41.5 Å². The third-order valence-electron chi connectivity index (χ3n) is 3.18. The van der Waals surface area contributed by atoms with Crippen molar-refractivity contribution in [3.63, 3.8) is 0 Å². The minimum absolute atomic E-state index is 0. The van der Waals surface area contributed by atoms with Crippen LogP contribution in [-0.2, 0) is 23.2 Å². The van der Waals surface area contributed by atoms with E-state index in [1.54, 1.807) is 23.3 Å². The molecule has 2 aliphatic carbocycles. The van der Waals surface area contributed by atoms with Gasteiger partial charge in [-0.15, -0.1) is 24.8 Å². The fraction of sp³-hybridized carbons (Fsp3) is 0.385. The third-order valence-corrected chi connectivity index (χ3v) is 6.98. The van der Waals surface area contributed by atoms with E-state index in [9.17, 15) is 0 Å². The average Bonchev–Trinajstić information content (AvgIpc) is 2.73. The van der Waals surface area contributed by atoms with Crippen LogP contribution in [0.4, 0.5) is 0 Å². The standard InChI is InChI=1S/C8H11.C5H5.2ClH.Zr/c1-6-4-5-7(2)8(6)3;1-2-4-5-3-1;;;/h4H2,1-3H3;1-3H,4H2;2*1H;. The maximum atomic E-state index is 2.34. The fourth-order valence-corrected chi connectivity index (χ4v) is 5.67. The van der Waals surface area contributed by atoms with E-state index < -0.39 is 23.2 Å². The van der Waals surface area contributed by atoms with Gasteiger partial charge in [0.25, 0.3) is 0 Å². The topological polar surface area (TPSA) is 0 Å². The van der Waals surface area contributed by atoms with Crippen molar-refractivity contribution in [1.82, 2.24) is 0 Å². The van der Waals surface area contributed by atoms with Crippen molar-refractivity contribution in [2.45, 2.75) is 33.6 Å². The maximum Gasteiger partial charge on any atom is -0.147 e. The van der Waals surface area contributed by atoms with Gasteiger partial charge < -0.3 is 0 Å². The van der Waals surface area contributed by atoms with E-state index in [-0.39, 0.29) is 24.8 Å². The smallest absolute Gasteiger partial charge is 0.147 e. The van der Waals surface area contributed by atoms with Crippen LogP contribution >= 0.6 is 24.8 Å². The molecule has 0 saturated carbocycles. The summed E-state index contributed by atoms with van der Waals surface area (Å²) in [5.41, 5.74) is 4.78. The molecule has 0 aromatic heterocycles. The first-order valence-corrected chi connectivity index (χ1v) is 7.63. The van der Waals surface area contributed by atoms with Crippen LogP contribution in [0.1, 0.15) is 33.6 Å². The predicted octanol–water partition coefficient (Wildman–Crippen LogP) is 4.77. The first-order chi connectivity index (χ1) is 6.68. The summed E-state index contributed by atoms with van der Waals surface area (Å²) >= 11 is -0.401. The van der Waals surface area contributed by atoms with E-state index >= 15 is 0 Å². The monoisotopic (exact) mass is 334 g/mol. The molecule has 0 spiro atoms. The van der Waals surface area contributed by atoms with Gasteiger partial charge in [-0.25, -0.2) is 0 Å². The summed E-state index contributed by atoms with van der Waals surface area (Å²) in [6.07, 6.45) is 9.36. The molecule has 88 valence electrons. The molecule has 0 nitrogen and oxygen atoms in total. The van der Waals surface area contributed by atoms with Gasteiger partial charge in [-0.05, 0) is 0 Å². The molecule has 0 aliphatic heterocycles. The molecular weight excluding hydrogens is 318 g/mol. The molecule has 0 radical (unpaired) electrons. The van der Waals surface area contributed by atoms with E-state index in [0.717, 1.165) is 0 Å². The summed E-state index contributed by atoms with van der Waals surface area (Å²) in [6, 6.07) is 0. The Labute approximate surface area is 122 Å². The Balaban J connectivity index is 0.00000112. The quantitative estimate of drug-likeness (QED) is 0.681. The molecule has 0 aromatic rings. The van der Waals surface area contributed by atoms with Gasteiger partial charge in [0.15, 0.2) is 0 Å². The molecule has 2 rings (SSSR count). The molecule has 0 fully saturated rings. The van der Waals surface area contributed by atoms with Crippen molar-refractivity contribution in [3.8, 4) is 0 Å². The zero-order valence-corrected chi connectivity index (χ0v) is 14.1. The van der Waals surface area contributed by atoms with E-state index in [1.165, 1.54) is 12.8 Å². The van der Waals surface area contributed by atoms with Crippen molar-refractivity contribution in [1.29, 1.82) is 0 Å². The van der Waals surface area contributed by atoms with E-state index in [4.69, 9.17) is 0 Å². The Bertz CT molecular complexity index is 387. The van der Waals surface area contributed by atoms with Gasteiger partial charge >= 0.3 is 98.4 Å². The second kappa shape index (κ2) is 6.99. The second-order valence-corrected chi connectivity index (χ2v) is 7.81. The Kier molecular flexibility index (Phi) is 7.18. The van der Waals surface area contributed by atoms with Crippen molar-refractivity contribution in [2.75, 3.05) is 0 Å². The zero-order chi connectivity index (χ0) is 10.1. The third kappa shape index (κ3) is 3.46. The van der Waals surface area contributed by atoms with Crippen LogP contribution < -0.4 is 0 Å². The summed E-state index contributed by atoms with van der Waals surface area (Å²) in [6.45, 7) is 6.87. The number of rotatable bonds is 2. The van der Waals surface area contributed by atoms with Gasteiger partial charge in [-0.3, -0.25) is 0 Å². The molecule has 3 heteroatoms. The Hall–Kier alpha value is 0.423. The SMILES string of the molecule is CC1=C(C)C(C)=[C]([Zr][C]2=CC=CC2)C1.Cl.Cl. The van der Waals surface area contributed by atoms with Gasteiger partial charge in [0, 0.05) is 0 Å². The number of hydrogen-bond donors (Lipinski definition) is 0. The van der Waals surface area contributed by atoms with Crippen LogP contribution in [0.3, 0.4) is 0 Å². The van der Waals surface area contributed by atoms with Crippen molar-refractivity contribution < 1.29 is 23.2 Å². The van der Waals surface area contributed by atoms with Crippen LogP contribution in [0.5, 0.6) is 0 Å². The normalized spacial score (nSPS) is 18.3. The van der Waals surface area contributed by atoms with Crippen LogP contribution in [0, 0.1) is 0 Å². The molecule has 0 bridgehead atoms. The summed E-state index contributed by atoms with van der Waals surface area (Å²) in [5, 5.41) is 0. The van der Waals surface area contributed by atoms with Crippen LogP contribution in [0.15, 0.2) is 41.5 Å². The molecule has 0 aromatic carbocycles. The summed E-state index contributed by atoms with van der Waals surface area (Å²) < 4.78 is 3.55. The van der Waals surface area contributed by atoms with Gasteiger partial charge in [-0.1, -0.05) is 0 Å². The first-order valence-electron chi connectivity index (χ1n) is 5.17. The molecule has 0 amide bonds. The molecule has 0 heterocycles. The Morgan fingerprint density at radius 2 is 1.75 bits per heavy atom. The molecule has 2 aliphatic rings. The van der Waals surface area contributed by atoms with E-state index in [0.29, 0.717) is 0 Å². The fourth-order valence-electron chi connectivity index (χ4n) is 1.95. The number of allylic oxidation sites excluding steroid dienone is 8. The minimum atomic E-state index is -0.401. The van der Waals surface area contributed by atoms with Crippen LogP contribution in [-0.4, -0.2) is 0 Å². The van der Waals surface area contributed by atoms with Gasteiger partial charge in [0.2, 0.25) is 0 Å². The summed E-state index contributed by atoms with van der Waals surface area (Å²) in [4.78, 5) is 0. The number of hydrogen-bond acceptors (Lipinski definition) is 0. The van der Waals surface area contributed by atoms with E-state index in [2.05, 4.69) is 39.0 Å². The Morgan fingerprint density at radius 3 is 2.19 bits per heavy atom. The Morgan fingerprint density at radius 1 is 1.06 bits per heavy atom. The molecule has 0 saturated heterocycles. The molecule has 16 heavy (non-hydrogen) atoms. The predicted molar refractivity (Wildman–Crippen MR) is 72.0 cm³/mol. The van der Waals surface area contributed by atoms with Gasteiger partial charge in [-0.2, -0.15) is 0 Å². The summed E-state index contributed by atoms with van der Waals surface area (Å²) in [5.74, 6) is 0. The van der Waals surface area contributed by atoms with Gasteiger partial charge in [0.1, 0.15) is 0 Å². The maximum absolute atomic E-state index is 2.34. The van der Waals surface area contributed by atoms with Crippen LogP contribution in [0.2, 0.25) is 0 Å². The molecule has 0 N–H and O–H groups in total. The average molecular weight is 336 g/mol. The largest absolute Gasteiger partial charge is 0.147 e. The molecule has 0 atom stereocenters. The second-order valence-electron chi connectivity index (χ2n) is 4.13. The van der Waals surface area contributed by atoms with Crippen LogP contribution in [0.25, 0.3) is 0 Å². The number of halogens is 2. The van der Waals surface area contributed by atoms with Crippen molar-refractivity contribution >= 4 is 24.8 Å². The molecule has 0 unspecified atom stereocenters.